The molecule has 0 saturated carbocycles. The summed E-state index contributed by atoms with van der Waals surface area (Å²) in [5, 5.41) is 18.1. The Kier molecular flexibility index (Phi) is 4.67. The molecule has 116 valence electrons. The number of hydrogen-bond donors (Lipinski definition) is 3. The molecule has 0 unspecified atom stereocenters. The third kappa shape index (κ3) is 3.98. The Morgan fingerprint density at radius 1 is 1.09 bits per heavy atom. The van der Waals surface area contributed by atoms with Crippen LogP contribution in [0.1, 0.15) is 12.0 Å². The summed E-state index contributed by atoms with van der Waals surface area (Å²) >= 11 is 0. The van der Waals surface area contributed by atoms with Crippen molar-refractivity contribution in [3.63, 3.8) is 0 Å². The summed E-state index contributed by atoms with van der Waals surface area (Å²) in [6.45, 7) is 0. The summed E-state index contributed by atoms with van der Waals surface area (Å²) in [6.07, 6.45) is 0.124. The maximum absolute atomic E-state index is 12.3. The molecule has 0 aliphatic carbocycles. The van der Waals surface area contributed by atoms with Gasteiger partial charge < -0.3 is 10.2 Å². The third-order valence-electron chi connectivity index (χ3n) is 3.00. The van der Waals surface area contributed by atoms with Crippen molar-refractivity contribution in [3.8, 4) is 5.75 Å². The molecular formula is C15H15NO5S. The number of aliphatic carboxylic acids is 1. The van der Waals surface area contributed by atoms with E-state index in [1.54, 1.807) is 24.3 Å². The molecular weight excluding hydrogens is 306 g/mol. The molecule has 0 fully saturated rings. The van der Waals surface area contributed by atoms with Gasteiger partial charge in [0.05, 0.1) is 10.6 Å². The monoisotopic (exact) mass is 321 g/mol. The number of anilines is 1. The highest BCUT2D eigenvalue weighted by Crippen LogP contribution is 2.23. The molecule has 0 aliphatic rings. The van der Waals surface area contributed by atoms with Crippen LogP contribution >= 0.6 is 0 Å². The zero-order chi connectivity index (χ0) is 16.2. The fourth-order valence-electron chi connectivity index (χ4n) is 1.93. The van der Waals surface area contributed by atoms with E-state index < -0.39 is 16.0 Å². The summed E-state index contributed by atoms with van der Waals surface area (Å²) in [5.41, 5.74) is 0.917. The second-order valence-corrected chi connectivity index (χ2v) is 6.34. The summed E-state index contributed by atoms with van der Waals surface area (Å²) in [4.78, 5) is 10.6. The second kappa shape index (κ2) is 6.48. The SMILES string of the molecule is O=C(O)CCc1ccccc1NS(=O)(=O)c1cccc(O)c1. The van der Waals surface area contributed by atoms with Gasteiger partial charge in [-0.25, -0.2) is 8.42 Å². The average Bonchev–Trinajstić information content (AvgIpc) is 2.46. The van der Waals surface area contributed by atoms with Crippen LogP contribution in [0.3, 0.4) is 0 Å². The van der Waals surface area contributed by atoms with Crippen molar-refractivity contribution in [2.45, 2.75) is 17.7 Å². The van der Waals surface area contributed by atoms with Crippen LogP contribution in [0.2, 0.25) is 0 Å². The minimum absolute atomic E-state index is 0.0689. The van der Waals surface area contributed by atoms with Crippen LogP contribution in [0, 0.1) is 0 Å². The molecule has 0 atom stereocenters. The fraction of sp³-hybridized carbons (Fsp3) is 0.133. The minimum Gasteiger partial charge on any atom is -0.508 e. The molecule has 0 saturated heterocycles. The van der Waals surface area contributed by atoms with Gasteiger partial charge in [0.2, 0.25) is 0 Å². The summed E-state index contributed by atoms with van der Waals surface area (Å²) < 4.78 is 27.0. The predicted octanol–water partition coefficient (Wildman–Crippen LogP) is 2.21. The molecule has 0 amide bonds. The molecule has 0 radical (unpaired) electrons. The molecule has 2 rings (SSSR count). The number of aromatic hydroxyl groups is 1. The zero-order valence-electron chi connectivity index (χ0n) is 11.6. The average molecular weight is 321 g/mol. The van der Waals surface area contributed by atoms with E-state index in [0.29, 0.717) is 11.3 Å². The number of nitrogens with one attached hydrogen (secondary N) is 1. The Hall–Kier alpha value is -2.54. The lowest BCUT2D eigenvalue weighted by Crippen LogP contribution is -2.14. The molecule has 3 N–H and O–H groups in total. The van der Waals surface area contributed by atoms with Crippen molar-refractivity contribution in [1.82, 2.24) is 0 Å². The molecule has 0 bridgehead atoms. The van der Waals surface area contributed by atoms with Crippen LogP contribution in [-0.4, -0.2) is 24.6 Å². The lowest BCUT2D eigenvalue weighted by Gasteiger charge is -2.12. The van der Waals surface area contributed by atoms with Gasteiger partial charge in [-0.05, 0) is 30.2 Å². The largest absolute Gasteiger partial charge is 0.508 e. The van der Waals surface area contributed by atoms with Crippen LogP contribution < -0.4 is 4.72 Å². The standard InChI is InChI=1S/C15H15NO5S/c17-12-5-3-6-13(10-12)22(20,21)16-14-7-2-1-4-11(14)8-9-15(18)19/h1-7,10,16-17H,8-9H2,(H,18,19). The molecule has 0 aliphatic heterocycles. The third-order valence-corrected chi connectivity index (χ3v) is 4.36. The summed E-state index contributed by atoms with van der Waals surface area (Å²) in [7, 11) is -3.85. The number of carbonyl (C=O) groups is 1. The summed E-state index contributed by atoms with van der Waals surface area (Å²) in [5.74, 6) is -1.10. The van der Waals surface area contributed by atoms with Gasteiger partial charge in [-0.2, -0.15) is 0 Å². The molecule has 0 heterocycles. The highest BCUT2D eigenvalue weighted by atomic mass is 32.2. The van der Waals surface area contributed by atoms with Crippen molar-refractivity contribution in [1.29, 1.82) is 0 Å². The van der Waals surface area contributed by atoms with Crippen molar-refractivity contribution in [2.24, 2.45) is 0 Å². The highest BCUT2D eigenvalue weighted by Gasteiger charge is 2.16. The lowest BCUT2D eigenvalue weighted by atomic mass is 10.1. The van der Waals surface area contributed by atoms with Crippen LogP contribution in [0.4, 0.5) is 5.69 Å². The first kappa shape index (κ1) is 15.8. The van der Waals surface area contributed by atoms with Gasteiger partial charge in [0.25, 0.3) is 10.0 Å². The van der Waals surface area contributed by atoms with E-state index >= 15 is 0 Å². The van der Waals surface area contributed by atoms with E-state index in [0.717, 1.165) is 6.07 Å². The topological polar surface area (TPSA) is 104 Å². The van der Waals surface area contributed by atoms with Gasteiger partial charge in [-0.15, -0.1) is 0 Å². The first-order chi connectivity index (χ1) is 10.4. The van der Waals surface area contributed by atoms with Gasteiger partial charge in [0.1, 0.15) is 5.75 Å². The maximum Gasteiger partial charge on any atom is 0.303 e. The number of aryl methyl sites for hydroxylation is 1. The van der Waals surface area contributed by atoms with Crippen molar-refractivity contribution in [3.05, 3.63) is 54.1 Å². The van der Waals surface area contributed by atoms with E-state index in [1.165, 1.54) is 18.2 Å². The van der Waals surface area contributed by atoms with E-state index in [1.807, 2.05) is 0 Å². The quantitative estimate of drug-likeness (QED) is 0.757. The molecule has 0 spiro atoms. The number of carboxylic acid groups (broad SMARTS) is 1. The van der Waals surface area contributed by atoms with E-state index in [4.69, 9.17) is 5.11 Å². The van der Waals surface area contributed by atoms with Crippen molar-refractivity contribution < 1.29 is 23.4 Å². The van der Waals surface area contributed by atoms with Gasteiger partial charge >= 0.3 is 5.97 Å². The number of carboxylic acids is 1. The second-order valence-electron chi connectivity index (χ2n) is 4.65. The molecule has 7 heteroatoms. The molecule has 2 aromatic rings. The number of sulfonamides is 1. The first-order valence-corrected chi connectivity index (χ1v) is 7.98. The molecule has 22 heavy (non-hydrogen) atoms. The van der Waals surface area contributed by atoms with Gasteiger partial charge in [-0.3, -0.25) is 9.52 Å². The Balaban J connectivity index is 2.28. The minimum atomic E-state index is -3.85. The van der Waals surface area contributed by atoms with Crippen LogP contribution in [-0.2, 0) is 21.2 Å². The van der Waals surface area contributed by atoms with Crippen LogP contribution in [0.15, 0.2) is 53.4 Å². The van der Waals surface area contributed by atoms with Crippen LogP contribution in [0.5, 0.6) is 5.75 Å². The zero-order valence-corrected chi connectivity index (χ0v) is 12.4. The van der Waals surface area contributed by atoms with E-state index in [2.05, 4.69) is 4.72 Å². The Bertz CT molecular complexity index is 786. The molecule has 2 aromatic carbocycles. The maximum atomic E-state index is 12.3. The summed E-state index contributed by atoms with van der Waals surface area (Å²) in [6, 6.07) is 11.9. The Labute approximate surface area is 128 Å². The molecule has 0 aromatic heterocycles. The first-order valence-electron chi connectivity index (χ1n) is 6.50. The lowest BCUT2D eigenvalue weighted by molar-refractivity contribution is -0.136. The smallest absolute Gasteiger partial charge is 0.303 e. The van der Waals surface area contributed by atoms with E-state index in [9.17, 15) is 18.3 Å². The van der Waals surface area contributed by atoms with Gasteiger partial charge in [0, 0.05) is 12.5 Å². The van der Waals surface area contributed by atoms with Crippen LogP contribution in [0.25, 0.3) is 0 Å². The number of hydrogen-bond acceptors (Lipinski definition) is 4. The number of phenols is 1. The molecule has 6 nitrogen and oxygen atoms in total. The fourth-order valence-corrected chi connectivity index (χ4v) is 3.07. The van der Waals surface area contributed by atoms with Gasteiger partial charge in [-0.1, -0.05) is 24.3 Å². The van der Waals surface area contributed by atoms with Crippen molar-refractivity contribution in [2.75, 3.05) is 4.72 Å². The van der Waals surface area contributed by atoms with Crippen molar-refractivity contribution >= 4 is 21.7 Å². The Morgan fingerprint density at radius 2 is 1.82 bits per heavy atom. The number of para-hydroxylation sites is 1. The number of benzene rings is 2. The number of phenolic OH excluding ortho intramolecular Hbond substituents is 1. The van der Waals surface area contributed by atoms with E-state index in [-0.39, 0.29) is 23.5 Å². The Morgan fingerprint density at radius 3 is 2.50 bits per heavy atom. The highest BCUT2D eigenvalue weighted by molar-refractivity contribution is 7.92. The normalized spacial score (nSPS) is 11.1. The number of rotatable bonds is 6. The predicted molar refractivity (Wildman–Crippen MR) is 81.3 cm³/mol. The van der Waals surface area contributed by atoms with Gasteiger partial charge in [0.15, 0.2) is 0 Å².